The van der Waals surface area contributed by atoms with E-state index in [1.54, 1.807) is 6.92 Å². The van der Waals surface area contributed by atoms with Crippen LogP contribution >= 0.6 is 11.5 Å². The quantitative estimate of drug-likeness (QED) is 0.792. The van der Waals surface area contributed by atoms with Crippen LogP contribution in [0.3, 0.4) is 0 Å². The maximum atomic E-state index is 13.2. The van der Waals surface area contributed by atoms with Crippen molar-refractivity contribution in [3.8, 4) is 10.8 Å². The normalized spacial score (nSPS) is 10.3. The highest BCUT2D eigenvalue weighted by atomic mass is 32.1. The lowest BCUT2D eigenvalue weighted by atomic mass is 10.3. The van der Waals surface area contributed by atoms with Crippen LogP contribution in [0.4, 0.5) is 8.78 Å². The van der Waals surface area contributed by atoms with Gasteiger partial charge in [0.25, 0.3) is 0 Å². The first-order valence-electron chi connectivity index (χ1n) is 4.08. The van der Waals surface area contributed by atoms with E-state index in [1.807, 2.05) is 0 Å². The molecule has 0 atom stereocenters. The summed E-state index contributed by atoms with van der Waals surface area (Å²) in [6.45, 7) is 1.69. The van der Waals surface area contributed by atoms with Gasteiger partial charge in [0.1, 0.15) is 11.5 Å². The molecule has 15 heavy (non-hydrogen) atoms. The van der Waals surface area contributed by atoms with Crippen LogP contribution in [0.5, 0.6) is 10.8 Å². The molecule has 2 aromatic rings. The first-order chi connectivity index (χ1) is 7.16. The molecule has 0 spiro atoms. The molecule has 0 aliphatic carbocycles. The van der Waals surface area contributed by atoms with Crippen LogP contribution < -0.4 is 4.74 Å². The van der Waals surface area contributed by atoms with Crippen LogP contribution in [0.2, 0.25) is 0 Å². The summed E-state index contributed by atoms with van der Waals surface area (Å²) < 4.78 is 34.6. The highest BCUT2D eigenvalue weighted by Crippen LogP contribution is 2.28. The minimum Gasteiger partial charge on any atom is -0.440 e. The molecule has 0 unspecified atom stereocenters. The second-order valence-corrected chi connectivity index (χ2v) is 3.54. The van der Waals surface area contributed by atoms with Gasteiger partial charge in [-0.1, -0.05) is 4.49 Å². The molecule has 2 rings (SSSR count). The molecule has 0 fully saturated rings. The van der Waals surface area contributed by atoms with Gasteiger partial charge >= 0.3 is 0 Å². The fourth-order valence-corrected chi connectivity index (χ4v) is 1.51. The van der Waals surface area contributed by atoms with E-state index >= 15 is 0 Å². The first kappa shape index (κ1) is 9.97. The predicted molar refractivity (Wildman–Crippen MR) is 51.1 cm³/mol. The van der Waals surface area contributed by atoms with Gasteiger partial charge in [-0.3, -0.25) is 0 Å². The summed E-state index contributed by atoms with van der Waals surface area (Å²) in [5.74, 6) is -1.42. The molecule has 0 saturated heterocycles. The fourth-order valence-electron chi connectivity index (χ4n) is 0.976. The molecule has 78 valence electrons. The van der Waals surface area contributed by atoms with E-state index in [-0.39, 0.29) is 5.75 Å². The van der Waals surface area contributed by atoms with E-state index in [4.69, 9.17) is 4.74 Å². The van der Waals surface area contributed by atoms with Crippen molar-refractivity contribution in [1.29, 1.82) is 0 Å². The molecule has 0 amide bonds. The monoisotopic (exact) mass is 228 g/mol. The first-order valence-corrected chi connectivity index (χ1v) is 4.86. The van der Waals surface area contributed by atoms with Crippen LogP contribution in [0.1, 0.15) is 5.69 Å². The van der Waals surface area contributed by atoms with Crippen molar-refractivity contribution in [2.45, 2.75) is 6.92 Å². The van der Waals surface area contributed by atoms with Crippen molar-refractivity contribution in [3.63, 3.8) is 0 Å². The van der Waals surface area contributed by atoms with Crippen molar-refractivity contribution in [1.82, 2.24) is 9.59 Å². The summed E-state index contributed by atoms with van der Waals surface area (Å²) in [5, 5.41) is 4.11. The maximum absolute atomic E-state index is 13.2. The molecule has 0 radical (unpaired) electrons. The van der Waals surface area contributed by atoms with Gasteiger partial charge in [-0.15, -0.1) is 5.10 Å². The van der Waals surface area contributed by atoms with Crippen LogP contribution in [0.25, 0.3) is 0 Å². The maximum Gasteiger partial charge on any atom is 0.223 e. The van der Waals surface area contributed by atoms with Gasteiger partial charge in [-0.2, -0.15) is 0 Å². The number of hydrogen-bond donors (Lipinski definition) is 0. The molecule has 0 aliphatic rings. The number of rotatable bonds is 2. The molecule has 0 bridgehead atoms. The second kappa shape index (κ2) is 3.90. The topological polar surface area (TPSA) is 35.0 Å². The van der Waals surface area contributed by atoms with Crippen molar-refractivity contribution >= 4 is 11.5 Å². The zero-order chi connectivity index (χ0) is 10.8. The van der Waals surface area contributed by atoms with Crippen molar-refractivity contribution in [2.75, 3.05) is 0 Å². The molecule has 3 nitrogen and oxygen atoms in total. The summed E-state index contributed by atoms with van der Waals surface area (Å²) in [7, 11) is 0. The lowest BCUT2D eigenvalue weighted by Crippen LogP contribution is -1.89. The molecule has 6 heteroatoms. The SMILES string of the molecule is Cc1nnsc1Oc1ccc(F)cc1F. The van der Waals surface area contributed by atoms with E-state index < -0.39 is 11.6 Å². The summed E-state index contributed by atoms with van der Waals surface area (Å²) >= 11 is 1.01. The molecule has 1 aromatic heterocycles. The summed E-state index contributed by atoms with van der Waals surface area (Å²) in [6.07, 6.45) is 0. The van der Waals surface area contributed by atoms with E-state index in [9.17, 15) is 8.78 Å². The molecule has 1 heterocycles. The number of benzene rings is 1. The number of aryl methyl sites for hydroxylation is 1. The van der Waals surface area contributed by atoms with Gasteiger partial charge in [-0.05, 0) is 19.1 Å². The second-order valence-electron chi connectivity index (χ2n) is 2.82. The number of hydrogen-bond acceptors (Lipinski definition) is 4. The largest absolute Gasteiger partial charge is 0.440 e. The van der Waals surface area contributed by atoms with Gasteiger partial charge in [0.05, 0.1) is 0 Å². The molecule has 0 aliphatic heterocycles. The molecule has 0 saturated carbocycles. The Bertz CT molecular complexity index is 487. The van der Waals surface area contributed by atoms with E-state index in [1.165, 1.54) is 6.07 Å². The van der Waals surface area contributed by atoms with Gasteiger partial charge in [0.2, 0.25) is 5.06 Å². The van der Waals surface area contributed by atoms with Gasteiger partial charge < -0.3 is 4.74 Å². The smallest absolute Gasteiger partial charge is 0.223 e. The van der Waals surface area contributed by atoms with Crippen LogP contribution in [0, 0.1) is 18.6 Å². The van der Waals surface area contributed by atoms with Crippen molar-refractivity contribution < 1.29 is 13.5 Å². The number of aromatic nitrogens is 2. The van der Waals surface area contributed by atoms with E-state index in [0.717, 1.165) is 23.7 Å². The lowest BCUT2D eigenvalue weighted by Gasteiger charge is -2.03. The standard InChI is InChI=1S/C9H6F2N2OS/c1-5-9(15-13-12-5)14-8-3-2-6(10)4-7(8)11/h2-4H,1H3. The Hall–Kier alpha value is -1.56. The minimum absolute atomic E-state index is 0.0365. The highest BCUT2D eigenvalue weighted by molar-refractivity contribution is 7.07. The fraction of sp³-hybridized carbons (Fsp3) is 0.111. The lowest BCUT2D eigenvalue weighted by molar-refractivity contribution is 0.444. The Morgan fingerprint density at radius 2 is 2.13 bits per heavy atom. The minimum atomic E-state index is -0.747. The predicted octanol–water partition coefficient (Wildman–Crippen LogP) is 2.92. The van der Waals surface area contributed by atoms with Crippen LogP contribution in [-0.2, 0) is 0 Å². The highest BCUT2D eigenvalue weighted by Gasteiger charge is 2.10. The summed E-state index contributed by atoms with van der Waals surface area (Å²) in [5.41, 5.74) is 0.573. The number of ether oxygens (including phenoxy) is 1. The Morgan fingerprint density at radius 3 is 2.73 bits per heavy atom. The summed E-state index contributed by atoms with van der Waals surface area (Å²) in [6, 6.07) is 3.12. The number of halogens is 2. The zero-order valence-corrected chi connectivity index (χ0v) is 8.52. The Kier molecular flexibility index (Phi) is 2.59. The average Bonchev–Trinajstić information content (AvgIpc) is 2.57. The zero-order valence-electron chi connectivity index (χ0n) is 7.70. The molecular weight excluding hydrogens is 222 g/mol. The van der Waals surface area contributed by atoms with Crippen molar-refractivity contribution in [3.05, 3.63) is 35.5 Å². The summed E-state index contributed by atoms with van der Waals surface area (Å²) in [4.78, 5) is 0. The number of nitrogens with zero attached hydrogens (tertiary/aromatic N) is 2. The molecule has 0 N–H and O–H groups in total. The molecule has 1 aromatic carbocycles. The Labute approximate surface area is 88.5 Å². The van der Waals surface area contributed by atoms with Crippen LogP contribution in [0.15, 0.2) is 18.2 Å². The van der Waals surface area contributed by atoms with Crippen molar-refractivity contribution in [2.24, 2.45) is 0 Å². The van der Waals surface area contributed by atoms with E-state index in [2.05, 4.69) is 9.59 Å². The van der Waals surface area contributed by atoms with E-state index in [0.29, 0.717) is 10.8 Å². The Morgan fingerprint density at radius 1 is 1.33 bits per heavy atom. The third-order valence-electron chi connectivity index (χ3n) is 1.71. The van der Waals surface area contributed by atoms with Crippen LogP contribution in [-0.4, -0.2) is 9.59 Å². The molecular formula is C9H6F2N2OS. The third kappa shape index (κ3) is 2.10. The Balaban J connectivity index is 2.29. The average molecular weight is 228 g/mol. The third-order valence-corrected chi connectivity index (χ3v) is 2.41. The van der Waals surface area contributed by atoms with Gasteiger partial charge in [0, 0.05) is 17.6 Å². The van der Waals surface area contributed by atoms with Gasteiger partial charge in [0.15, 0.2) is 11.6 Å². The van der Waals surface area contributed by atoms with Gasteiger partial charge in [-0.25, -0.2) is 8.78 Å².